The van der Waals surface area contributed by atoms with Gasteiger partial charge in [0.05, 0.1) is 5.56 Å². The van der Waals surface area contributed by atoms with Gasteiger partial charge in [0.2, 0.25) is 0 Å². The number of nitrogens with zero attached hydrogens (tertiary/aromatic N) is 4. The third-order valence-electron chi connectivity index (χ3n) is 4.32. The highest BCUT2D eigenvalue weighted by atomic mass is 16.1. The second-order valence-electron chi connectivity index (χ2n) is 6.06. The van der Waals surface area contributed by atoms with E-state index in [0.717, 1.165) is 25.1 Å². The number of fused-ring (bicyclic) bond motifs is 1. The van der Waals surface area contributed by atoms with E-state index in [1.165, 1.54) is 19.3 Å². The monoisotopic (exact) mass is 286 g/mol. The Morgan fingerprint density at radius 3 is 3.05 bits per heavy atom. The molecule has 5 heteroatoms. The fourth-order valence-corrected chi connectivity index (χ4v) is 3.28. The number of aldehydes is 1. The molecule has 0 N–H and O–H groups in total. The number of pyridine rings is 1. The minimum absolute atomic E-state index is 0.510. The summed E-state index contributed by atoms with van der Waals surface area (Å²) in [6, 6.07) is 4.67. The van der Waals surface area contributed by atoms with Crippen molar-refractivity contribution < 1.29 is 4.79 Å². The van der Waals surface area contributed by atoms with E-state index in [9.17, 15) is 4.79 Å². The fraction of sp³-hybridized carbons (Fsp3) is 0.562. The molecule has 0 spiro atoms. The molecule has 3 heterocycles. The Labute approximate surface area is 125 Å². The van der Waals surface area contributed by atoms with Gasteiger partial charge in [-0.1, -0.05) is 6.42 Å². The molecule has 1 aliphatic heterocycles. The molecule has 0 aliphatic carbocycles. The molecular formula is C16H22N4O. The minimum Gasteiger partial charge on any atom is -0.298 e. The molecule has 21 heavy (non-hydrogen) atoms. The fourth-order valence-electron chi connectivity index (χ4n) is 3.28. The summed E-state index contributed by atoms with van der Waals surface area (Å²) in [6.45, 7) is 5.66. The van der Waals surface area contributed by atoms with E-state index in [2.05, 4.69) is 28.8 Å². The second-order valence-corrected chi connectivity index (χ2v) is 6.06. The largest absolute Gasteiger partial charge is 0.298 e. The number of hydrogen-bond donors (Lipinski definition) is 0. The van der Waals surface area contributed by atoms with Crippen LogP contribution in [0.2, 0.25) is 0 Å². The van der Waals surface area contributed by atoms with Crippen LogP contribution in [-0.2, 0) is 6.42 Å². The van der Waals surface area contributed by atoms with Crippen molar-refractivity contribution in [2.75, 3.05) is 6.54 Å². The van der Waals surface area contributed by atoms with Gasteiger partial charge >= 0.3 is 0 Å². The Balaban J connectivity index is 1.85. The first-order valence-electron chi connectivity index (χ1n) is 7.74. The zero-order valence-electron chi connectivity index (χ0n) is 12.7. The smallest absolute Gasteiger partial charge is 0.166 e. The number of piperidine rings is 1. The van der Waals surface area contributed by atoms with E-state index < -0.39 is 0 Å². The van der Waals surface area contributed by atoms with Crippen LogP contribution in [0.1, 0.15) is 49.3 Å². The van der Waals surface area contributed by atoms with E-state index in [4.69, 9.17) is 0 Å². The molecule has 0 saturated carbocycles. The van der Waals surface area contributed by atoms with Gasteiger partial charge in [-0.05, 0) is 45.4 Å². The maximum atomic E-state index is 11.1. The summed E-state index contributed by atoms with van der Waals surface area (Å²) in [4.78, 5) is 18.2. The van der Waals surface area contributed by atoms with E-state index in [0.29, 0.717) is 23.3 Å². The zero-order chi connectivity index (χ0) is 14.8. The van der Waals surface area contributed by atoms with Crippen molar-refractivity contribution in [1.29, 1.82) is 0 Å². The molecule has 2 aromatic heterocycles. The quantitative estimate of drug-likeness (QED) is 0.810. The van der Waals surface area contributed by atoms with Crippen molar-refractivity contribution >= 4 is 11.9 Å². The van der Waals surface area contributed by atoms with Crippen LogP contribution in [0, 0.1) is 0 Å². The average Bonchev–Trinajstić information content (AvgIpc) is 2.89. The SMILES string of the molecule is CC(C)N1CCCCC1Cc1nc2c(C=O)cccn2n1. The van der Waals surface area contributed by atoms with Crippen molar-refractivity contribution in [1.82, 2.24) is 19.5 Å². The maximum absolute atomic E-state index is 11.1. The Bertz CT molecular complexity index is 634. The molecule has 2 aromatic rings. The zero-order valence-corrected chi connectivity index (χ0v) is 12.7. The molecule has 0 aromatic carbocycles. The van der Waals surface area contributed by atoms with Crippen molar-refractivity contribution in [3.05, 3.63) is 29.7 Å². The summed E-state index contributed by atoms with van der Waals surface area (Å²) in [7, 11) is 0. The molecule has 1 aliphatic rings. The summed E-state index contributed by atoms with van der Waals surface area (Å²) in [5.41, 5.74) is 1.26. The van der Waals surface area contributed by atoms with Crippen LogP contribution in [-0.4, -0.2) is 44.4 Å². The maximum Gasteiger partial charge on any atom is 0.166 e. The molecule has 1 unspecified atom stereocenters. The summed E-state index contributed by atoms with van der Waals surface area (Å²) in [6.07, 6.45) is 7.31. The normalized spacial score (nSPS) is 20.2. The molecule has 3 rings (SSSR count). The third-order valence-corrected chi connectivity index (χ3v) is 4.32. The molecule has 0 amide bonds. The first kappa shape index (κ1) is 14.2. The summed E-state index contributed by atoms with van der Waals surface area (Å²) >= 11 is 0. The van der Waals surface area contributed by atoms with E-state index in [1.54, 1.807) is 10.6 Å². The topological polar surface area (TPSA) is 50.5 Å². The Morgan fingerprint density at radius 1 is 1.43 bits per heavy atom. The minimum atomic E-state index is 0.510. The van der Waals surface area contributed by atoms with Gasteiger partial charge in [0.25, 0.3) is 0 Å². The Morgan fingerprint density at radius 2 is 2.29 bits per heavy atom. The van der Waals surface area contributed by atoms with Gasteiger partial charge < -0.3 is 0 Å². The molecule has 112 valence electrons. The summed E-state index contributed by atoms with van der Waals surface area (Å²) in [5, 5.41) is 4.53. The van der Waals surface area contributed by atoms with Gasteiger partial charge in [-0.25, -0.2) is 9.50 Å². The lowest BCUT2D eigenvalue weighted by molar-refractivity contribution is 0.110. The predicted octanol–water partition coefficient (Wildman–Crippen LogP) is 2.35. The van der Waals surface area contributed by atoms with Gasteiger partial charge in [0.15, 0.2) is 17.8 Å². The number of hydrogen-bond acceptors (Lipinski definition) is 4. The highest BCUT2D eigenvalue weighted by molar-refractivity contribution is 5.83. The van der Waals surface area contributed by atoms with E-state index in [-0.39, 0.29) is 0 Å². The molecule has 1 atom stereocenters. The lowest BCUT2D eigenvalue weighted by Gasteiger charge is -2.38. The molecule has 5 nitrogen and oxygen atoms in total. The van der Waals surface area contributed by atoms with Crippen LogP contribution in [0.15, 0.2) is 18.3 Å². The Hall–Kier alpha value is -1.75. The standard InChI is InChI=1S/C16H22N4O/c1-12(2)19-8-4-3-7-14(19)10-15-17-16-13(11-21)6-5-9-20(16)18-15/h5-6,9,11-12,14H,3-4,7-8,10H2,1-2H3. The number of carbonyl (C=O) groups excluding carboxylic acids is 1. The number of aromatic nitrogens is 3. The van der Waals surface area contributed by atoms with Gasteiger partial charge in [-0.15, -0.1) is 0 Å². The van der Waals surface area contributed by atoms with Crippen molar-refractivity contribution in [2.45, 2.75) is 51.6 Å². The lowest BCUT2D eigenvalue weighted by atomic mass is 9.97. The van der Waals surface area contributed by atoms with E-state index in [1.807, 2.05) is 12.3 Å². The second kappa shape index (κ2) is 5.93. The first-order valence-corrected chi connectivity index (χ1v) is 7.74. The van der Waals surface area contributed by atoms with Gasteiger partial charge in [-0.2, -0.15) is 5.10 Å². The highest BCUT2D eigenvalue weighted by Gasteiger charge is 2.26. The average molecular weight is 286 g/mol. The van der Waals surface area contributed by atoms with Crippen molar-refractivity contribution in [2.24, 2.45) is 0 Å². The van der Waals surface area contributed by atoms with Crippen LogP contribution in [0.4, 0.5) is 0 Å². The van der Waals surface area contributed by atoms with E-state index >= 15 is 0 Å². The number of likely N-dealkylation sites (tertiary alicyclic amines) is 1. The van der Waals surface area contributed by atoms with Crippen molar-refractivity contribution in [3.8, 4) is 0 Å². The van der Waals surface area contributed by atoms with Crippen LogP contribution in [0.5, 0.6) is 0 Å². The molecule has 0 radical (unpaired) electrons. The van der Waals surface area contributed by atoms with Crippen molar-refractivity contribution in [3.63, 3.8) is 0 Å². The Kier molecular flexibility index (Phi) is 4.01. The van der Waals surface area contributed by atoms with Crippen LogP contribution >= 0.6 is 0 Å². The third kappa shape index (κ3) is 2.83. The summed E-state index contributed by atoms with van der Waals surface area (Å²) < 4.78 is 1.71. The van der Waals surface area contributed by atoms with Gasteiger partial charge in [0, 0.05) is 24.7 Å². The summed E-state index contributed by atoms with van der Waals surface area (Å²) in [5.74, 6) is 0.835. The lowest BCUT2D eigenvalue weighted by Crippen LogP contribution is -2.45. The number of carbonyl (C=O) groups is 1. The van der Waals surface area contributed by atoms with Crippen LogP contribution < -0.4 is 0 Å². The predicted molar refractivity (Wildman–Crippen MR) is 81.6 cm³/mol. The molecular weight excluding hydrogens is 264 g/mol. The van der Waals surface area contributed by atoms with Gasteiger partial charge in [0.1, 0.15) is 0 Å². The molecule has 0 bridgehead atoms. The van der Waals surface area contributed by atoms with Crippen LogP contribution in [0.3, 0.4) is 0 Å². The molecule has 1 fully saturated rings. The van der Waals surface area contributed by atoms with Gasteiger partial charge in [-0.3, -0.25) is 9.69 Å². The molecule has 1 saturated heterocycles. The number of rotatable bonds is 4. The highest BCUT2D eigenvalue weighted by Crippen LogP contribution is 2.22. The van der Waals surface area contributed by atoms with Crippen LogP contribution in [0.25, 0.3) is 5.65 Å². The first-order chi connectivity index (χ1) is 10.2.